The molecule has 0 bridgehead atoms. The van der Waals surface area contributed by atoms with Crippen LogP contribution in [-0.4, -0.2) is 40.6 Å². The Morgan fingerprint density at radius 1 is 1.25 bits per heavy atom. The van der Waals surface area contributed by atoms with E-state index in [1.54, 1.807) is 0 Å². The Morgan fingerprint density at radius 2 is 2.00 bits per heavy atom. The summed E-state index contributed by atoms with van der Waals surface area (Å²) in [5, 5.41) is 11.8. The zero-order valence-electron chi connectivity index (χ0n) is 12.0. The molecule has 3 rings (SSSR count). The molecule has 2 saturated heterocycles. The van der Waals surface area contributed by atoms with Crippen molar-refractivity contribution in [2.24, 2.45) is 0 Å². The van der Waals surface area contributed by atoms with E-state index in [1.807, 2.05) is 11.8 Å². The fraction of sp³-hybridized carbons (Fsp3) is 0.786. The van der Waals surface area contributed by atoms with Crippen LogP contribution in [-0.2, 0) is 4.79 Å². The molecule has 1 aromatic heterocycles. The van der Waals surface area contributed by atoms with Crippen LogP contribution in [0.3, 0.4) is 0 Å². The summed E-state index contributed by atoms with van der Waals surface area (Å²) in [5.74, 6) is 1.93. The van der Waals surface area contributed by atoms with Gasteiger partial charge in [0.1, 0.15) is 6.04 Å². The number of aromatic nitrogens is 2. The van der Waals surface area contributed by atoms with E-state index in [4.69, 9.17) is 4.42 Å². The highest BCUT2D eigenvalue weighted by molar-refractivity contribution is 5.77. The van der Waals surface area contributed by atoms with Gasteiger partial charge in [-0.2, -0.15) is 0 Å². The van der Waals surface area contributed by atoms with E-state index >= 15 is 0 Å². The predicted octanol–water partition coefficient (Wildman–Crippen LogP) is 1.61. The number of amides is 1. The fourth-order valence-electron chi connectivity index (χ4n) is 3.19. The maximum absolute atomic E-state index is 11.9. The monoisotopic (exact) mass is 278 g/mol. The Kier molecular flexibility index (Phi) is 4.00. The van der Waals surface area contributed by atoms with Crippen molar-refractivity contribution in [1.29, 1.82) is 0 Å². The van der Waals surface area contributed by atoms with Crippen molar-refractivity contribution < 1.29 is 9.21 Å². The third-order valence-corrected chi connectivity index (χ3v) is 4.34. The molecule has 110 valence electrons. The van der Waals surface area contributed by atoms with E-state index in [1.165, 1.54) is 0 Å². The molecule has 0 spiro atoms. The van der Waals surface area contributed by atoms with Crippen molar-refractivity contribution in [1.82, 2.24) is 20.4 Å². The van der Waals surface area contributed by atoms with Gasteiger partial charge in [0.15, 0.2) is 0 Å². The summed E-state index contributed by atoms with van der Waals surface area (Å²) in [6.45, 7) is 4.71. The van der Waals surface area contributed by atoms with Gasteiger partial charge in [-0.25, -0.2) is 0 Å². The van der Waals surface area contributed by atoms with Gasteiger partial charge in [0.05, 0.1) is 0 Å². The number of hydrogen-bond acceptors (Lipinski definition) is 5. The Bertz CT molecular complexity index is 467. The Morgan fingerprint density at radius 3 is 2.75 bits per heavy atom. The van der Waals surface area contributed by atoms with Gasteiger partial charge in [-0.05, 0) is 45.7 Å². The lowest BCUT2D eigenvalue weighted by molar-refractivity contribution is -0.136. The topological polar surface area (TPSA) is 71.3 Å². The molecule has 20 heavy (non-hydrogen) atoms. The maximum Gasteiger partial charge on any atom is 0.238 e. The van der Waals surface area contributed by atoms with Crippen molar-refractivity contribution in [3.63, 3.8) is 0 Å². The first-order valence-corrected chi connectivity index (χ1v) is 7.63. The van der Waals surface area contributed by atoms with Crippen LogP contribution in [0.4, 0.5) is 0 Å². The minimum Gasteiger partial charge on any atom is -0.423 e. The largest absolute Gasteiger partial charge is 0.423 e. The third-order valence-electron chi connectivity index (χ3n) is 4.34. The quantitative estimate of drug-likeness (QED) is 0.909. The highest BCUT2D eigenvalue weighted by atomic mass is 16.4. The second kappa shape index (κ2) is 5.91. The Balaban J connectivity index is 1.76. The number of hydrogen-bond donors (Lipinski definition) is 1. The van der Waals surface area contributed by atoms with E-state index in [0.29, 0.717) is 24.8 Å². The lowest BCUT2D eigenvalue weighted by atomic mass is 9.98. The molecule has 6 heteroatoms. The molecule has 3 heterocycles. The molecule has 1 atom stereocenters. The summed E-state index contributed by atoms with van der Waals surface area (Å²) >= 11 is 0. The smallest absolute Gasteiger partial charge is 0.238 e. The maximum atomic E-state index is 11.9. The first kappa shape index (κ1) is 13.5. The molecule has 1 N–H and O–H groups in total. The highest BCUT2D eigenvalue weighted by Gasteiger charge is 2.32. The minimum atomic E-state index is -0.0239. The minimum absolute atomic E-state index is 0.0239. The van der Waals surface area contributed by atoms with Gasteiger partial charge >= 0.3 is 0 Å². The van der Waals surface area contributed by atoms with Crippen LogP contribution in [0.1, 0.15) is 62.8 Å². The first-order chi connectivity index (χ1) is 9.79. The third kappa shape index (κ3) is 2.57. The molecule has 1 amide bonds. The average Bonchev–Trinajstić information content (AvgIpc) is 2.97. The van der Waals surface area contributed by atoms with Crippen LogP contribution in [0, 0.1) is 0 Å². The molecule has 0 aromatic carbocycles. The first-order valence-electron chi connectivity index (χ1n) is 7.63. The predicted molar refractivity (Wildman–Crippen MR) is 73.1 cm³/mol. The van der Waals surface area contributed by atoms with Gasteiger partial charge in [-0.1, -0.05) is 0 Å². The Labute approximate surface area is 118 Å². The standard InChI is InChI=1S/C14H22N4O2/c1-2-18-11(4-3-5-12(18)19)14-17-16-13(20-14)10-6-8-15-9-7-10/h10-11,15H,2-9H2,1H3/t11-/m0/s1. The van der Waals surface area contributed by atoms with Gasteiger partial charge in [0, 0.05) is 18.9 Å². The summed E-state index contributed by atoms with van der Waals surface area (Å²) in [6, 6.07) is -0.0239. The van der Waals surface area contributed by atoms with E-state index in [0.717, 1.165) is 44.7 Å². The van der Waals surface area contributed by atoms with Crippen LogP contribution in [0.15, 0.2) is 4.42 Å². The number of nitrogens with one attached hydrogen (secondary N) is 1. The van der Waals surface area contributed by atoms with E-state index in [-0.39, 0.29) is 11.9 Å². The number of rotatable bonds is 3. The van der Waals surface area contributed by atoms with Gasteiger partial charge in [0.2, 0.25) is 17.7 Å². The van der Waals surface area contributed by atoms with Gasteiger partial charge < -0.3 is 14.6 Å². The van der Waals surface area contributed by atoms with Crippen molar-refractivity contribution >= 4 is 5.91 Å². The zero-order chi connectivity index (χ0) is 13.9. The normalized spacial score (nSPS) is 25.1. The van der Waals surface area contributed by atoms with Crippen LogP contribution in [0.5, 0.6) is 0 Å². The zero-order valence-corrected chi connectivity index (χ0v) is 12.0. The van der Waals surface area contributed by atoms with Crippen molar-refractivity contribution in [2.75, 3.05) is 19.6 Å². The summed E-state index contributed by atoms with van der Waals surface area (Å²) in [5.41, 5.74) is 0. The van der Waals surface area contributed by atoms with E-state index < -0.39 is 0 Å². The second-order valence-corrected chi connectivity index (χ2v) is 5.59. The summed E-state index contributed by atoms with van der Waals surface area (Å²) in [7, 11) is 0. The number of nitrogens with zero attached hydrogens (tertiary/aromatic N) is 3. The molecule has 2 aliphatic heterocycles. The number of carbonyl (C=O) groups is 1. The summed E-state index contributed by atoms with van der Waals surface area (Å²) in [4.78, 5) is 13.8. The van der Waals surface area contributed by atoms with Crippen LogP contribution >= 0.6 is 0 Å². The molecule has 2 aliphatic rings. The number of carbonyl (C=O) groups excluding carboxylic acids is 1. The summed E-state index contributed by atoms with van der Waals surface area (Å²) < 4.78 is 5.90. The molecule has 1 aromatic rings. The van der Waals surface area contributed by atoms with E-state index in [2.05, 4.69) is 15.5 Å². The van der Waals surface area contributed by atoms with Crippen molar-refractivity contribution in [3.05, 3.63) is 11.8 Å². The van der Waals surface area contributed by atoms with Crippen LogP contribution in [0.25, 0.3) is 0 Å². The molecule has 0 aliphatic carbocycles. The van der Waals surface area contributed by atoms with Crippen molar-refractivity contribution in [3.8, 4) is 0 Å². The number of likely N-dealkylation sites (tertiary alicyclic amines) is 1. The molecule has 0 unspecified atom stereocenters. The van der Waals surface area contributed by atoms with Crippen LogP contribution in [0.2, 0.25) is 0 Å². The SMILES string of the molecule is CCN1C(=O)CCC[C@H]1c1nnc(C2CCNCC2)o1. The Hall–Kier alpha value is -1.43. The highest BCUT2D eigenvalue weighted by Crippen LogP contribution is 2.32. The van der Waals surface area contributed by atoms with Crippen LogP contribution < -0.4 is 5.32 Å². The molecule has 6 nitrogen and oxygen atoms in total. The molecular formula is C14H22N4O2. The number of piperidine rings is 2. The van der Waals surface area contributed by atoms with Gasteiger partial charge in [-0.3, -0.25) is 4.79 Å². The fourth-order valence-corrected chi connectivity index (χ4v) is 3.19. The average molecular weight is 278 g/mol. The molecular weight excluding hydrogens is 256 g/mol. The summed E-state index contributed by atoms with van der Waals surface area (Å²) in [6.07, 6.45) is 4.56. The molecule has 0 saturated carbocycles. The molecule has 2 fully saturated rings. The van der Waals surface area contributed by atoms with Gasteiger partial charge in [-0.15, -0.1) is 10.2 Å². The van der Waals surface area contributed by atoms with E-state index in [9.17, 15) is 4.79 Å². The van der Waals surface area contributed by atoms with Gasteiger partial charge in [0.25, 0.3) is 0 Å². The van der Waals surface area contributed by atoms with Crippen molar-refractivity contribution in [2.45, 2.75) is 51.0 Å². The molecule has 0 radical (unpaired) electrons. The lowest BCUT2D eigenvalue weighted by Crippen LogP contribution is -2.38. The second-order valence-electron chi connectivity index (χ2n) is 5.59. The lowest BCUT2D eigenvalue weighted by Gasteiger charge is -2.32.